The summed E-state index contributed by atoms with van der Waals surface area (Å²) < 4.78 is 5.28. The van der Waals surface area contributed by atoms with Crippen LogP contribution < -0.4 is 10.6 Å². The minimum absolute atomic E-state index is 0.126. The van der Waals surface area contributed by atoms with Crippen LogP contribution in [0.1, 0.15) is 37.1 Å². The summed E-state index contributed by atoms with van der Waals surface area (Å²) in [5, 5.41) is 20.6. The molecule has 3 rings (SSSR count). The van der Waals surface area contributed by atoms with Crippen LogP contribution in [0.15, 0.2) is 22.7 Å². The van der Waals surface area contributed by atoms with E-state index in [-0.39, 0.29) is 6.10 Å². The van der Waals surface area contributed by atoms with Crippen molar-refractivity contribution < 1.29 is 9.63 Å². The number of aliphatic hydroxyl groups excluding tert-OH is 1. The molecular weight excluding hydrogens is 290 g/mol. The van der Waals surface area contributed by atoms with E-state index in [0.29, 0.717) is 6.04 Å². The molecule has 0 saturated heterocycles. The Hall–Kier alpha value is -2.01. The number of aliphatic hydroxyl groups is 1. The lowest BCUT2D eigenvalue weighted by Crippen LogP contribution is -2.28. The molecule has 0 bridgehead atoms. The monoisotopic (exact) mass is 315 g/mol. The van der Waals surface area contributed by atoms with Crippen molar-refractivity contribution in [1.29, 1.82) is 0 Å². The van der Waals surface area contributed by atoms with Gasteiger partial charge in [-0.3, -0.25) is 0 Å². The third-order valence-corrected chi connectivity index (χ3v) is 4.67. The first-order valence-electron chi connectivity index (χ1n) is 8.28. The number of nitrogens with zero attached hydrogens (tertiary/aromatic N) is 1. The Bertz CT molecular complexity index is 653. The van der Waals surface area contributed by atoms with E-state index in [0.717, 1.165) is 59.6 Å². The molecule has 0 atom stereocenters. The van der Waals surface area contributed by atoms with Crippen LogP contribution in [0.5, 0.6) is 0 Å². The molecule has 1 aliphatic rings. The molecule has 1 aromatic heterocycles. The number of aryl methyl sites for hydroxylation is 2. The van der Waals surface area contributed by atoms with Gasteiger partial charge in [-0.1, -0.05) is 11.2 Å². The molecule has 0 aliphatic heterocycles. The SMILES string of the molecule is CNc1cc(-c2c(C)noc2C)ccc1NC1CCC(O)CC1. The van der Waals surface area contributed by atoms with Crippen LogP contribution in [0, 0.1) is 13.8 Å². The number of anilines is 2. The third-order valence-electron chi connectivity index (χ3n) is 4.67. The van der Waals surface area contributed by atoms with Crippen molar-refractivity contribution in [1.82, 2.24) is 5.16 Å². The van der Waals surface area contributed by atoms with Crippen molar-refractivity contribution in [3.05, 3.63) is 29.7 Å². The predicted octanol–water partition coefficient (Wildman–Crippen LogP) is 3.72. The maximum absolute atomic E-state index is 9.63. The molecular formula is C18H25N3O2. The largest absolute Gasteiger partial charge is 0.393 e. The Morgan fingerprint density at radius 3 is 2.48 bits per heavy atom. The summed E-state index contributed by atoms with van der Waals surface area (Å²) in [6, 6.07) is 6.77. The van der Waals surface area contributed by atoms with E-state index in [1.807, 2.05) is 20.9 Å². The number of hydrogen-bond donors (Lipinski definition) is 3. The molecule has 5 heteroatoms. The smallest absolute Gasteiger partial charge is 0.141 e. The summed E-state index contributed by atoms with van der Waals surface area (Å²) in [7, 11) is 1.93. The number of rotatable bonds is 4. The normalized spacial score (nSPS) is 21.2. The summed E-state index contributed by atoms with van der Waals surface area (Å²) in [5.41, 5.74) is 5.24. The Morgan fingerprint density at radius 1 is 1.13 bits per heavy atom. The maximum Gasteiger partial charge on any atom is 0.141 e. The second kappa shape index (κ2) is 6.62. The summed E-state index contributed by atoms with van der Waals surface area (Å²) in [6.07, 6.45) is 3.65. The highest BCUT2D eigenvalue weighted by molar-refractivity contribution is 5.79. The van der Waals surface area contributed by atoms with Gasteiger partial charge in [-0.2, -0.15) is 0 Å². The second-order valence-corrected chi connectivity index (χ2v) is 6.36. The molecule has 1 fully saturated rings. The fourth-order valence-electron chi connectivity index (χ4n) is 3.37. The number of benzene rings is 1. The van der Waals surface area contributed by atoms with Gasteiger partial charge in [0.15, 0.2) is 0 Å². The van der Waals surface area contributed by atoms with E-state index in [1.54, 1.807) is 0 Å². The number of hydrogen-bond acceptors (Lipinski definition) is 5. The zero-order chi connectivity index (χ0) is 16.4. The molecule has 2 aromatic rings. The standard InChI is InChI=1S/C18H25N3O2/c1-11-18(12(2)23-21-11)13-4-9-16(17(10-13)19-3)20-14-5-7-15(22)8-6-14/h4,9-10,14-15,19-20,22H,5-8H2,1-3H3. The van der Waals surface area contributed by atoms with Crippen LogP contribution in [0.2, 0.25) is 0 Å². The first kappa shape index (κ1) is 15.9. The molecule has 0 radical (unpaired) electrons. The zero-order valence-electron chi connectivity index (χ0n) is 14.0. The van der Waals surface area contributed by atoms with Crippen molar-refractivity contribution in [2.24, 2.45) is 0 Å². The Kier molecular flexibility index (Phi) is 4.57. The van der Waals surface area contributed by atoms with Crippen LogP contribution >= 0.6 is 0 Å². The lowest BCUT2D eigenvalue weighted by molar-refractivity contribution is 0.126. The highest BCUT2D eigenvalue weighted by atomic mass is 16.5. The summed E-state index contributed by atoms with van der Waals surface area (Å²) >= 11 is 0. The van der Waals surface area contributed by atoms with E-state index in [9.17, 15) is 5.11 Å². The minimum atomic E-state index is -0.126. The van der Waals surface area contributed by atoms with Crippen LogP contribution in [0.25, 0.3) is 11.1 Å². The summed E-state index contributed by atoms with van der Waals surface area (Å²) in [4.78, 5) is 0. The fraction of sp³-hybridized carbons (Fsp3) is 0.500. The van der Waals surface area contributed by atoms with Gasteiger partial charge in [-0.05, 0) is 57.2 Å². The number of nitrogens with one attached hydrogen (secondary N) is 2. The minimum Gasteiger partial charge on any atom is -0.393 e. The van der Waals surface area contributed by atoms with Gasteiger partial charge in [0, 0.05) is 18.7 Å². The summed E-state index contributed by atoms with van der Waals surface area (Å²) in [5.74, 6) is 0.839. The zero-order valence-corrected chi connectivity index (χ0v) is 14.0. The first-order chi connectivity index (χ1) is 11.1. The van der Waals surface area contributed by atoms with Crippen LogP contribution in [0.4, 0.5) is 11.4 Å². The Balaban J connectivity index is 1.83. The van der Waals surface area contributed by atoms with Gasteiger partial charge in [0.05, 0.1) is 23.2 Å². The van der Waals surface area contributed by atoms with Gasteiger partial charge in [-0.15, -0.1) is 0 Å². The average Bonchev–Trinajstić information content (AvgIpc) is 2.89. The Morgan fingerprint density at radius 2 is 1.87 bits per heavy atom. The number of aromatic nitrogens is 1. The van der Waals surface area contributed by atoms with Gasteiger partial charge >= 0.3 is 0 Å². The topological polar surface area (TPSA) is 70.3 Å². The van der Waals surface area contributed by atoms with Crippen LogP contribution in [0.3, 0.4) is 0 Å². The second-order valence-electron chi connectivity index (χ2n) is 6.36. The lowest BCUT2D eigenvalue weighted by Gasteiger charge is -2.28. The third kappa shape index (κ3) is 3.34. The molecule has 0 amide bonds. The van der Waals surface area contributed by atoms with E-state index < -0.39 is 0 Å². The Labute approximate surface area is 137 Å². The van der Waals surface area contributed by atoms with E-state index in [1.165, 1.54) is 0 Å². The molecule has 1 saturated carbocycles. The lowest BCUT2D eigenvalue weighted by atomic mass is 9.93. The predicted molar refractivity (Wildman–Crippen MR) is 92.8 cm³/mol. The molecule has 0 unspecified atom stereocenters. The van der Waals surface area contributed by atoms with E-state index >= 15 is 0 Å². The molecule has 1 aromatic carbocycles. The van der Waals surface area contributed by atoms with Crippen molar-refractivity contribution in [2.75, 3.05) is 17.7 Å². The molecule has 23 heavy (non-hydrogen) atoms. The van der Waals surface area contributed by atoms with Crippen molar-refractivity contribution in [2.45, 2.75) is 51.7 Å². The molecule has 0 spiro atoms. The first-order valence-corrected chi connectivity index (χ1v) is 8.28. The molecule has 3 N–H and O–H groups in total. The van der Waals surface area contributed by atoms with Crippen molar-refractivity contribution in [3.8, 4) is 11.1 Å². The average molecular weight is 315 g/mol. The van der Waals surface area contributed by atoms with Crippen LogP contribution in [-0.4, -0.2) is 29.5 Å². The van der Waals surface area contributed by atoms with Gasteiger partial charge in [0.1, 0.15) is 5.76 Å². The van der Waals surface area contributed by atoms with Crippen LogP contribution in [-0.2, 0) is 0 Å². The fourth-order valence-corrected chi connectivity index (χ4v) is 3.37. The highest BCUT2D eigenvalue weighted by Crippen LogP contribution is 2.33. The van der Waals surface area contributed by atoms with Gasteiger partial charge in [0.25, 0.3) is 0 Å². The summed E-state index contributed by atoms with van der Waals surface area (Å²) in [6.45, 7) is 3.90. The van der Waals surface area contributed by atoms with Crippen molar-refractivity contribution >= 4 is 11.4 Å². The molecule has 1 heterocycles. The maximum atomic E-state index is 9.63. The van der Waals surface area contributed by atoms with E-state index in [2.05, 4.69) is 34.0 Å². The van der Waals surface area contributed by atoms with Gasteiger partial charge < -0.3 is 20.3 Å². The molecule has 5 nitrogen and oxygen atoms in total. The molecule has 124 valence electrons. The van der Waals surface area contributed by atoms with Gasteiger partial charge in [0.2, 0.25) is 0 Å². The highest BCUT2D eigenvalue weighted by Gasteiger charge is 2.20. The van der Waals surface area contributed by atoms with E-state index in [4.69, 9.17) is 4.52 Å². The van der Waals surface area contributed by atoms with Crippen molar-refractivity contribution in [3.63, 3.8) is 0 Å². The van der Waals surface area contributed by atoms with Gasteiger partial charge in [-0.25, -0.2) is 0 Å². The molecule has 1 aliphatic carbocycles. The quantitative estimate of drug-likeness (QED) is 0.802.